The molecule has 0 aliphatic carbocycles. The van der Waals surface area contributed by atoms with E-state index in [4.69, 9.17) is 0 Å². The first-order chi connectivity index (χ1) is 29.2. The molecule has 2 aliphatic heterocycles. The summed E-state index contributed by atoms with van der Waals surface area (Å²) in [6.07, 6.45) is 14.2. The quantitative estimate of drug-likeness (QED) is 0.139. The molecule has 0 amide bonds. The summed E-state index contributed by atoms with van der Waals surface area (Å²) in [5, 5.41) is 7.31. The Hall–Kier alpha value is -5.14. The lowest BCUT2D eigenvalue weighted by Crippen LogP contribution is -2.43. The van der Waals surface area contributed by atoms with Crippen molar-refractivity contribution in [2.75, 3.05) is 39.3 Å². The van der Waals surface area contributed by atoms with Crippen LogP contribution in [-0.2, 0) is 39.0 Å². The van der Waals surface area contributed by atoms with Gasteiger partial charge in [0.25, 0.3) is 11.1 Å². The molecule has 0 atom stereocenters. The van der Waals surface area contributed by atoms with Crippen LogP contribution < -0.4 is 21.8 Å². The number of hydrogen-bond donors (Lipinski definition) is 2. The van der Waals surface area contributed by atoms with Crippen LogP contribution in [-0.4, -0.2) is 90.2 Å². The highest BCUT2D eigenvalue weighted by Gasteiger charge is 2.20. The van der Waals surface area contributed by atoms with Gasteiger partial charge in [0.2, 0.25) is 0 Å². The number of pyridine rings is 6. The number of aryl methyl sites for hydroxylation is 4. The summed E-state index contributed by atoms with van der Waals surface area (Å²) in [7, 11) is 0. The highest BCUT2D eigenvalue weighted by Crippen LogP contribution is 2.16. The summed E-state index contributed by atoms with van der Waals surface area (Å²) in [6, 6.07) is 20.6. The smallest absolute Gasteiger partial charge is 0.251 e. The molecule has 6 aromatic heterocycles. The molecule has 0 aromatic carbocycles. The third-order valence-corrected chi connectivity index (χ3v) is 12.1. The summed E-state index contributed by atoms with van der Waals surface area (Å²) >= 11 is 0. The van der Waals surface area contributed by atoms with E-state index in [2.05, 4.69) is 90.6 Å². The maximum atomic E-state index is 12.4. The molecule has 8 heterocycles. The number of rotatable bonds is 14. The Bertz CT molecular complexity index is 2240. The first-order valence-corrected chi connectivity index (χ1v) is 22.0. The second-order valence-corrected chi connectivity index (χ2v) is 16.5. The molecule has 12 heteroatoms. The fraction of sp³-hybridized carbons (Fsp3) is 0.458. The molecule has 2 fully saturated rings. The van der Waals surface area contributed by atoms with E-state index in [0.29, 0.717) is 25.2 Å². The third kappa shape index (κ3) is 11.6. The molecule has 0 bridgehead atoms. The maximum Gasteiger partial charge on any atom is 0.251 e. The highest BCUT2D eigenvalue weighted by atomic mass is 16.1. The summed E-state index contributed by atoms with van der Waals surface area (Å²) in [4.78, 5) is 47.8. The Kier molecular flexibility index (Phi) is 15.0. The molecule has 0 saturated carbocycles. The fourth-order valence-corrected chi connectivity index (χ4v) is 8.24. The van der Waals surface area contributed by atoms with Crippen LogP contribution in [0.3, 0.4) is 0 Å². The van der Waals surface area contributed by atoms with E-state index in [0.717, 1.165) is 135 Å². The van der Waals surface area contributed by atoms with Gasteiger partial charge in [-0.15, -0.1) is 0 Å². The predicted octanol–water partition coefficient (Wildman–Crippen LogP) is 5.83. The highest BCUT2D eigenvalue weighted by molar-refractivity contribution is 5.75. The molecule has 60 heavy (non-hydrogen) atoms. The van der Waals surface area contributed by atoms with Crippen molar-refractivity contribution in [1.29, 1.82) is 0 Å². The van der Waals surface area contributed by atoms with Crippen LogP contribution in [0.15, 0.2) is 95.0 Å². The van der Waals surface area contributed by atoms with Crippen molar-refractivity contribution < 1.29 is 0 Å². The number of likely N-dealkylation sites (tertiary alicyclic amines) is 2. The zero-order chi connectivity index (χ0) is 41.8. The van der Waals surface area contributed by atoms with Crippen LogP contribution in [0.4, 0.5) is 0 Å². The average molecular weight is 811 g/mol. The minimum atomic E-state index is 0.0491. The van der Waals surface area contributed by atoms with Gasteiger partial charge in [0, 0.05) is 88.3 Å². The molecule has 0 unspecified atom stereocenters. The predicted molar refractivity (Wildman–Crippen MR) is 241 cm³/mol. The first kappa shape index (κ1) is 43.0. The molecule has 12 nitrogen and oxygen atoms in total. The Balaban J connectivity index is 0.000000181. The van der Waals surface area contributed by atoms with Crippen LogP contribution in [0.2, 0.25) is 0 Å². The Labute approximate surface area is 354 Å². The summed E-state index contributed by atoms with van der Waals surface area (Å²) in [6.45, 7) is 17.4. The average Bonchev–Trinajstić information content (AvgIpc) is 3.28. The van der Waals surface area contributed by atoms with Gasteiger partial charge in [0.05, 0.1) is 33.5 Å². The van der Waals surface area contributed by atoms with E-state index in [1.807, 2.05) is 59.9 Å². The Morgan fingerprint density at radius 3 is 1.32 bits per heavy atom. The van der Waals surface area contributed by atoms with Gasteiger partial charge in [-0.3, -0.25) is 29.5 Å². The van der Waals surface area contributed by atoms with E-state index in [9.17, 15) is 9.59 Å². The number of piperidine rings is 2. The van der Waals surface area contributed by atoms with Crippen LogP contribution in [0.5, 0.6) is 0 Å². The van der Waals surface area contributed by atoms with Gasteiger partial charge in [-0.25, -0.2) is 0 Å². The van der Waals surface area contributed by atoms with Gasteiger partial charge in [-0.2, -0.15) is 0 Å². The molecule has 8 rings (SSSR count). The van der Waals surface area contributed by atoms with E-state index in [1.165, 1.54) is 11.1 Å². The van der Waals surface area contributed by atoms with Crippen molar-refractivity contribution in [3.63, 3.8) is 0 Å². The van der Waals surface area contributed by atoms with Crippen molar-refractivity contribution in [3.05, 3.63) is 140 Å². The monoisotopic (exact) mass is 811 g/mol. The minimum Gasteiger partial charge on any atom is -0.308 e. The van der Waals surface area contributed by atoms with Gasteiger partial charge in [0.15, 0.2) is 0 Å². The minimum absolute atomic E-state index is 0.0491. The lowest BCUT2D eigenvalue weighted by Gasteiger charge is -2.32. The van der Waals surface area contributed by atoms with Gasteiger partial charge < -0.3 is 29.6 Å². The SMILES string of the molecule is CCc1ccc(CNC2CCN(CCn3c(=O)ccc4ncc(C)cc43)CC2)nc1.CCc1ccc(CNC2CCN(CCn3c(=O)ccc4ncc(C)cc43)CC2)nc1. The van der Waals surface area contributed by atoms with Crippen molar-refractivity contribution in [1.82, 2.24) is 49.5 Å². The van der Waals surface area contributed by atoms with E-state index in [-0.39, 0.29) is 11.1 Å². The van der Waals surface area contributed by atoms with E-state index in [1.54, 1.807) is 12.1 Å². The second-order valence-electron chi connectivity index (χ2n) is 16.5. The number of hydrogen-bond acceptors (Lipinski definition) is 10. The summed E-state index contributed by atoms with van der Waals surface area (Å²) in [5.41, 5.74) is 10.6. The molecular formula is C48H62N10O2. The molecular weight excluding hydrogens is 749 g/mol. The normalized spacial score (nSPS) is 15.7. The molecule has 2 saturated heterocycles. The van der Waals surface area contributed by atoms with Crippen molar-refractivity contribution >= 4 is 22.1 Å². The number of nitrogens with one attached hydrogen (secondary N) is 2. The number of nitrogens with zero attached hydrogens (tertiary/aromatic N) is 8. The standard InChI is InChI=1S/2C24H31N5O/c2*1-3-19-4-5-21(25-16-19)17-26-20-8-10-28(11-9-20)12-13-29-23-14-18(2)15-27-22(23)6-7-24(29)30/h2*4-7,14-16,20,26H,3,8-13,17H2,1-2H3. The van der Waals surface area contributed by atoms with Gasteiger partial charge >= 0.3 is 0 Å². The van der Waals surface area contributed by atoms with Crippen LogP contribution in [0, 0.1) is 13.8 Å². The molecule has 0 spiro atoms. The van der Waals surface area contributed by atoms with Crippen LogP contribution in [0.1, 0.15) is 73.2 Å². The van der Waals surface area contributed by atoms with E-state index >= 15 is 0 Å². The number of aromatic nitrogens is 6. The number of fused-ring (bicyclic) bond motifs is 2. The van der Waals surface area contributed by atoms with Gasteiger partial charge in [-0.1, -0.05) is 26.0 Å². The fourth-order valence-electron chi connectivity index (χ4n) is 8.24. The van der Waals surface area contributed by atoms with E-state index < -0.39 is 0 Å². The Morgan fingerprint density at radius 1 is 0.533 bits per heavy atom. The maximum absolute atomic E-state index is 12.4. The van der Waals surface area contributed by atoms with Crippen molar-refractivity contribution in [2.24, 2.45) is 0 Å². The molecule has 6 aromatic rings. The first-order valence-electron chi connectivity index (χ1n) is 22.0. The van der Waals surface area contributed by atoms with Gasteiger partial charge in [-0.05, 0) is 137 Å². The summed E-state index contributed by atoms with van der Waals surface area (Å²) in [5.74, 6) is 0. The Morgan fingerprint density at radius 2 is 0.950 bits per heavy atom. The molecule has 0 radical (unpaired) electrons. The summed E-state index contributed by atoms with van der Waals surface area (Å²) < 4.78 is 3.73. The topological polar surface area (TPSA) is 126 Å². The lowest BCUT2D eigenvalue weighted by molar-refractivity contribution is 0.191. The molecule has 2 aliphatic rings. The van der Waals surface area contributed by atoms with Crippen LogP contribution >= 0.6 is 0 Å². The third-order valence-electron chi connectivity index (χ3n) is 12.1. The van der Waals surface area contributed by atoms with Crippen molar-refractivity contribution in [2.45, 2.75) is 104 Å². The molecule has 316 valence electrons. The zero-order valence-electron chi connectivity index (χ0n) is 35.9. The molecule has 2 N–H and O–H groups in total. The zero-order valence-corrected chi connectivity index (χ0v) is 35.9. The second kappa shape index (κ2) is 20.9. The largest absolute Gasteiger partial charge is 0.308 e. The van der Waals surface area contributed by atoms with Crippen LogP contribution in [0.25, 0.3) is 22.1 Å². The van der Waals surface area contributed by atoms with Crippen molar-refractivity contribution in [3.8, 4) is 0 Å². The van der Waals surface area contributed by atoms with Gasteiger partial charge in [0.1, 0.15) is 0 Å². The lowest BCUT2D eigenvalue weighted by atomic mass is 10.0.